The van der Waals surface area contributed by atoms with Crippen molar-refractivity contribution in [3.8, 4) is 0 Å². The molecule has 1 aliphatic heterocycles. The fourth-order valence-corrected chi connectivity index (χ4v) is 3.39. The van der Waals surface area contributed by atoms with Gasteiger partial charge in [0, 0.05) is 25.7 Å². The van der Waals surface area contributed by atoms with Gasteiger partial charge in [-0.1, -0.05) is 0 Å². The monoisotopic (exact) mass is 423 g/mol. The van der Waals surface area contributed by atoms with Gasteiger partial charge in [-0.3, -0.25) is 9.59 Å². The molecule has 30 heavy (non-hydrogen) atoms. The third kappa shape index (κ3) is 5.08. The van der Waals surface area contributed by atoms with Crippen molar-refractivity contribution in [2.75, 3.05) is 28.6 Å². The Kier molecular flexibility index (Phi) is 6.28. The van der Waals surface area contributed by atoms with Gasteiger partial charge in [0.2, 0.25) is 5.91 Å². The maximum Gasteiger partial charge on any atom is 0.416 e. The summed E-state index contributed by atoms with van der Waals surface area (Å²) in [4.78, 5) is 25.8. The largest absolute Gasteiger partial charge is 0.416 e. The zero-order valence-corrected chi connectivity index (χ0v) is 16.3. The van der Waals surface area contributed by atoms with E-state index in [2.05, 4.69) is 10.6 Å². The minimum absolute atomic E-state index is 0.0407. The van der Waals surface area contributed by atoms with Crippen LogP contribution in [0.4, 0.5) is 34.6 Å². The van der Waals surface area contributed by atoms with Gasteiger partial charge in [0.1, 0.15) is 5.82 Å². The Morgan fingerprint density at radius 3 is 2.30 bits per heavy atom. The molecule has 0 aliphatic carbocycles. The highest BCUT2D eigenvalue weighted by molar-refractivity contribution is 6.07. The number of hydrogen-bond acceptors (Lipinski definition) is 3. The second-order valence-corrected chi connectivity index (χ2v) is 7.11. The SMILES string of the molecule is CC(=O)Nc1ccc(F)c(C(=O)Nc2cc(C(F)(F)F)ccc2N2CCCCC2)c1. The molecule has 1 saturated heterocycles. The zero-order chi connectivity index (χ0) is 21.9. The molecular formula is C21H21F4N3O2. The summed E-state index contributed by atoms with van der Waals surface area (Å²) in [6.45, 7) is 2.57. The molecule has 160 valence electrons. The summed E-state index contributed by atoms with van der Waals surface area (Å²) in [6, 6.07) is 6.60. The molecule has 0 spiro atoms. The molecule has 1 heterocycles. The first-order chi connectivity index (χ1) is 14.1. The van der Waals surface area contributed by atoms with E-state index in [4.69, 9.17) is 0 Å². The number of nitrogens with one attached hydrogen (secondary N) is 2. The van der Waals surface area contributed by atoms with Crippen molar-refractivity contribution in [2.45, 2.75) is 32.4 Å². The fourth-order valence-electron chi connectivity index (χ4n) is 3.39. The van der Waals surface area contributed by atoms with Crippen molar-refractivity contribution < 1.29 is 27.2 Å². The molecule has 1 fully saturated rings. The Balaban J connectivity index is 1.95. The van der Waals surface area contributed by atoms with Gasteiger partial charge in [-0.25, -0.2) is 4.39 Å². The van der Waals surface area contributed by atoms with Gasteiger partial charge in [-0.2, -0.15) is 13.2 Å². The third-order valence-corrected chi connectivity index (χ3v) is 4.80. The number of hydrogen-bond donors (Lipinski definition) is 2. The number of carbonyl (C=O) groups is 2. The Morgan fingerprint density at radius 1 is 0.967 bits per heavy atom. The highest BCUT2D eigenvalue weighted by Crippen LogP contribution is 2.36. The summed E-state index contributed by atoms with van der Waals surface area (Å²) in [5, 5.41) is 4.87. The Hall–Kier alpha value is -3.10. The lowest BCUT2D eigenvalue weighted by Crippen LogP contribution is -2.30. The van der Waals surface area contributed by atoms with Crippen LogP contribution in [-0.4, -0.2) is 24.9 Å². The quantitative estimate of drug-likeness (QED) is 0.677. The van der Waals surface area contributed by atoms with E-state index in [9.17, 15) is 27.2 Å². The number of anilines is 3. The predicted octanol–water partition coefficient (Wildman–Crippen LogP) is 5.05. The maximum atomic E-state index is 14.2. The summed E-state index contributed by atoms with van der Waals surface area (Å²) in [5.41, 5.74) is -0.681. The minimum atomic E-state index is -4.59. The molecule has 2 aromatic carbocycles. The number of rotatable bonds is 4. The van der Waals surface area contributed by atoms with E-state index < -0.39 is 29.4 Å². The first kappa shape index (κ1) is 21.6. The van der Waals surface area contributed by atoms with Gasteiger partial charge in [0.25, 0.3) is 5.91 Å². The van der Waals surface area contributed by atoms with Gasteiger partial charge >= 0.3 is 6.18 Å². The van der Waals surface area contributed by atoms with Gasteiger partial charge in [-0.15, -0.1) is 0 Å². The lowest BCUT2D eigenvalue weighted by Gasteiger charge is -2.31. The van der Waals surface area contributed by atoms with Crippen molar-refractivity contribution in [3.63, 3.8) is 0 Å². The van der Waals surface area contributed by atoms with Crippen LogP contribution in [-0.2, 0) is 11.0 Å². The van der Waals surface area contributed by atoms with E-state index in [0.717, 1.165) is 43.5 Å². The van der Waals surface area contributed by atoms with E-state index >= 15 is 0 Å². The van der Waals surface area contributed by atoms with Crippen LogP contribution in [0.3, 0.4) is 0 Å². The molecule has 5 nitrogen and oxygen atoms in total. The van der Waals surface area contributed by atoms with Gasteiger partial charge in [0.15, 0.2) is 0 Å². The van der Waals surface area contributed by atoms with Gasteiger partial charge in [-0.05, 0) is 55.7 Å². The van der Waals surface area contributed by atoms with E-state index in [1.807, 2.05) is 4.90 Å². The molecule has 0 unspecified atom stereocenters. The molecule has 2 amide bonds. The molecule has 0 saturated carbocycles. The van der Waals surface area contributed by atoms with Crippen LogP contribution in [0.15, 0.2) is 36.4 Å². The Morgan fingerprint density at radius 2 is 1.67 bits per heavy atom. The minimum Gasteiger partial charge on any atom is -0.370 e. The summed E-state index contributed by atoms with van der Waals surface area (Å²) in [7, 11) is 0. The van der Waals surface area contributed by atoms with E-state index in [0.29, 0.717) is 18.8 Å². The van der Waals surface area contributed by atoms with Crippen LogP contribution in [0.5, 0.6) is 0 Å². The van der Waals surface area contributed by atoms with Crippen LogP contribution in [0, 0.1) is 5.82 Å². The van der Waals surface area contributed by atoms with Gasteiger partial charge < -0.3 is 15.5 Å². The van der Waals surface area contributed by atoms with E-state index in [1.165, 1.54) is 19.1 Å². The topological polar surface area (TPSA) is 61.4 Å². The van der Waals surface area contributed by atoms with E-state index in [-0.39, 0.29) is 16.9 Å². The number of benzene rings is 2. The average molecular weight is 423 g/mol. The van der Waals surface area contributed by atoms with Crippen molar-refractivity contribution >= 4 is 28.9 Å². The first-order valence-electron chi connectivity index (χ1n) is 9.50. The molecule has 0 atom stereocenters. The molecule has 2 aromatic rings. The van der Waals surface area contributed by atoms with Gasteiger partial charge in [0.05, 0.1) is 22.5 Å². The first-order valence-corrected chi connectivity index (χ1v) is 9.50. The molecule has 0 radical (unpaired) electrons. The maximum absolute atomic E-state index is 14.2. The molecular weight excluding hydrogens is 402 g/mol. The molecule has 1 aliphatic rings. The molecule has 0 bridgehead atoms. The van der Waals surface area contributed by atoms with E-state index in [1.54, 1.807) is 0 Å². The third-order valence-electron chi connectivity index (χ3n) is 4.80. The average Bonchev–Trinajstić information content (AvgIpc) is 2.69. The fraction of sp³-hybridized carbons (Fsp3) is 0.333. The lowest BCUT2D eigenvalue weighted by atomic mass is 10.1. The highest BCUT2D eigenvalue weighted by atomic mass is 19.4. The lowest BCUT2D eigenvalue weighted by molar-refractivity contribution is -0.137. The number of amides is 2. The Bertz CT molecular complexity index is 954. The summed E-state index contributed by atoms with van der Waals surface area (Å²) < 4.78 is 53.9. The highest BCUT2D eigenvalue weighted by Gasteiger charge is 2.32. The van der Waals surface area contributed by atoms with Crippen molar-refractivity contribution in [3.05, 3.63) is 53.3 Å². The second kappa shape index (κ2) is 8.73. The summed E-state index contributed by atoms with van der Waals surface area (Å²) in [6.07, 6.45) is -1.78. The van der Waals surface area contributed by atoms with Crippen LogP contribution >= 0.6 is 0 Å². The summed E-state index contributed by atoms with van der Waals surface area (Å²) >= 11 is 0. The predicted molar refractivity (Wildman–Crippen MR) is 106 cm³/mol. The summed E-state index contributed by atoms with van der Waals surface area (Å²) in [5.74, 6) is -2.16. The standard InChI is InChI=1S/C21H21F4N3O2/c1-13(29)26-15-6-7-17(22)16(12-15)20(30)27-18-11-14(21(23,24)25)5-8-19(18)28-9-3-2-4-10-28/h5-8,11-12H,2-4,9-10H2,1H3,(H,26,29)(H,27,30). The van der Waals surface area contributed by atoms with Crippen LogP contribution in [0.1, 0.15) is 42.1 Å². The van der Waals surface area contributed by atoms with Crippen molar-refractivity contribution in [1.82, 2.24) is 0 Å². The second-order valence-electron chi connectivity index (χ2n) is 7.11. The smallest absolute Gasteiger partial charge is 0.370 e. The van der Waals surface area contributed by atoms with Crippen LogP contribution < -0.4 is 15.5 Å². The van der Waals surface area contributed by atoms with Crippen LogP contribution in [0.2, 0.25) is 0 Å². The molecule has 3 rings (SSSR count). The number of piperidine rings is 1. The molecule has 0 aromatic heterocycles. The molecule has 2 N–H and O–H groups in total. The molecule has 9 heteroatoms. The van der Waals surface area contributed by atoms with Crippen LogP contribution in [0.25, 0.3) is 0 Å². The Labute approximate surface area is 171 Å². The number of carbonyl (C=O) groups excluding carboxylic acids is 2. The number of halogens is 4. The number of nitrogens with zero attached hydrogens (tertiary/aromatic N) is 1. The normalized spacial score (nSPS) is 14.4. The zero-order valence-electron chi connectivity index (χ0n) is 16.3. The number of alkyl halides is 3. The van der Waals surface area contributed by atoms with Crippen molar-refractivity contribution in [1.29, 1.82) is 0 Å². The van der Waals surface area contributed by atoms with Crippen molar-refractivity contribution in [2.24, 2.45) is 0 Å².